The van der Waals surface area contributed by atoms with Crippen molar-refractivity contribution in [2.75, 3.05) is 11.9 Å². The van der Waals surface area contributed by atoms with Crippen molar-refractivity contribution in [1.29, 1.82) is 0 Å². The molecular weight excluding hydrogens is 496 g/mol. The van der Waals surface area contributed by atoms with E-state index in [0.717, 1.165) is 16.0 Å². The van der Waals surface area contributed by atoms with Crippen LogP contribution in [0.15, 0.2) is 66.7 Å². The third-order valence-corrected chi connectivity index (χ3v) is 6.81. The van der Waals surface area contributed by atoms with Crippen molar-refractivity contribution in [3.05, 3.63) is 83.4 Å². The number of hydrogen-bond donors (Lipinski definition) is 2. The number of fused-ring (bicyclic) bond motifs is 2. The van der Waals surface area contributed by atoms with Gasteiger partial charge in [-0.3, -0.25) is 19.7 Å². The summed E-state index contributed by atoms with van der Waals surface area (Å²) in [6, 6.07) is 17.2. The molecule has 2 atom stereocenters. The molecule has 1 aliphatic heterocycles. The normalized spacial score (nSPS) is 15.1. The molecule has 1 aliphatic rings. The molecule has 1 amide bonds. The van der Waals surface area contributed by atoms with Crippen LogP contribution in [0.2, 0.25) is 0 Å². The molecule has 4 aromatic rings. The van der Waals surface area contributed by atoms with Gasteiger partial charge in [-0.25, -0.2) is 9.78 Å². The highest BCUT2D eigenvalue weighted by Crippen LogP contribution is 2.39. The Hall–Kier alpha value is -4.57. The van der Waals surface area contributed by atoms with Crippen LogP contribution < -0.4 is 10.1 Å². The molecule has 0 saturated carbocycles. The Bertz CT molecular complexity index is 1560. The summed E-state index contributed by atoms with van der Waals surface area (Å²) >= 11 is 1.14. The van der Waals surface area contributed by atoms with E-state index < -0.39 is 35.5 Å². The quantitative estimate of drug-likeness (QED) is 0.153. The lowest BCUT2D eigenvalue weighted by Crippen LogP contribution is -2.38. The second-order valence-electron chi connectivity index (χ2n) is 8.17. The number of carbonyl (C=O) groups excluding carboxylic acids is 4. The number of nitrogens with zero attached hydrogens (tertiary/aromatic N) is 1. The number of rotatable bonds is 8. The fourth-order valence-electron chi connectivity index (χ4n) is 4.18. The number of esters is 1. The second kappa shape index (κ2) is 9.82. The maximum Gasteiger partial charge on any atom is 0.339 e. The van der Waals surface area contributed by atoms with E-state index in [-0.39, 0.29) is 22.0 Å². The molecule has 0 saturated heterocycles. The fourth-order valence-corrected chi connectivity index (χ4v) is 5.07. The van der Waals surface area contributed by atoms with Crippen LogP contribution in [0.5, 0.6) is 11.5 Å². The zero-order valence-electron chi connectivity index (χ0n) is 19.5. The van der Waals surface area contributed by atoms with Crippen molar-refractivity contribution in [2.24, 2.45) is 5.92 Å². The number of amides is 1. The van der Waals surface area contributed by atoms with E-state index in [4.69, 9.17) is 9.47 Å². The monoisotopic (exact) mass is 516 g/mol. The number of hydrogen-bond acceptors (Lipinski definition) is 9. The first-order valence-corrected chi connectivity index (χ1v) is 12.2. The van der Waals surface area contributed by atoms with Gasteiger partial charge in [0.25, 0.3) is 5.91 Å². The van der Waals surface area contributed by atoms with E-state index in [1.54, 1.807) is 36.4 Å². The van der Waals surface area contributed by atoms with Gasteiger partial charge < -0.3 is 14.6 Å². The summed E-state index contributed by atoms with van der Waals surface area (Å²) in [5, 5.41) is 12.9. The molecule has 10 heteroatoms. The maximum absolute atomic E-state index is 13.5. The molecule has 186 valence electrons. The molecule has 1 aromatic heterocycles. The zero-order valence-corrected chi connectivity index (χ0v) is 20.3. The number of phenolic OH excluding ortho intramolecular Hbond substituents is 1. The number of aromatic nitrogens is 1. The Kier molecular flexibility index (Phi) is 6.41. The number of carbonyl (C=O) groups is 4. The van der Waals surface area contributed by atoms with Crippen LogP contribution in [-0.4, -0.2) is 40.1 Å². The lowest BCUT2D eigenvalue weighted by molar-refractivity contribution is -0.138. The molecule has 0 radical (unpaired) electrons. The first-order valence-electron chi connectivity index (χ1n) is 11.4. The third kappa shape index (κ3) is 4.54. The number of aromatic hydroxyl groups is 1. The molecule has 9 nitrogen and oxygen atoms in total. The van der Waals surface area contributed by atoms with Gasteiger partial charge in [0, 0.05) is 5.56 Å². The largest absolute Gasteiger partial charge is 0.507 e. The predicted octanol–water partition coefficient (Wildman–Crippen LogP) is 4.32. The second-order valence-corrected chi connectivity index (χ2v) is 9.20. The van der Waals surface area contributed by atoms with Crippen LogP contribution in [0.1, 0.15) is 39.3 Å². The first kappa shape index (κ1) is 24.1. The van der Waals surface area contributed by atoms with Gasteiger partial charge in [-0.05, 0) is 43.3 Å². The molecule has 0 aliphatic carbocycles. The topological polar surface area (TPSA) is 132 Å². The Balaban J connectivity index is 1.48. The average molecular weight is 517 g/mol. The van der Waals surface area contributed by atoms with Crippen LogP contribution >= 0.6 is 11.3 Å². The number of thiazole rings is 1. The van der Waals surface area contributed by atoms with Gasteiger partial charge in [0.2, 0.25) is 5.78 Å². The molecule has 37 heavy (non-hydrogen) atoms. The molecule has 0 spiro atoms. The minimum absolute atomic E-state index is 0.152. The number of ketones is 2. The Morgan fingerprint density at radius 1 is 1.11 bits per heavy atom. The van der Waals surface area contributed by atoms with Gasteiger partial charge in [0.1, 0.15) is 23.5 Å². The minimum atomic E-state index is -1.72. The van der Waals surface area contributed by atoms with Gasteiger partial charge in [0.15, 0.2) is 10.9 Å². The minimum Gasteiger partial charge on any atom is -0.507 e. The van der Waals surface area contributed by atoms with Crippen LogP contribution in [0.25, 0.3) is 10.2 Å². The van der Waals surface area contributed by atoms with E-state index in [9.17, 15) is 24.3 Å². The number of para-hydroxylation sites is 1. The van der Waals surface area contributed by atoms with E-state index in [2.05, 4.69) is 10.3 Å². The van der Waals surface area contributed by atoms with Crippen molar-refractivity contribution in [3.63, 3.8) is 0 Å². The van der Waals surface area contributed by atoms with E-state index >= 15 is 0 Å². The Labute approximate surface area is 214 Å². The molecule has 0 fully saturated rings. The van der Waals surface area contributed by atoms with Crippen LogP contribution in [0.3, 0.4) is 0 Å². The highest BCUT2D eigenvalue weighted by molar-refractivity contribution is 7.22. The average Bonchev–Trinajstić information content (AvgIpc) is 3.44. The van der Waals surface area contributed by atoms with E-state index in [0.29, 0.717) is 23.4 Å². The van der Waals surface area contributed by atoms with Crippen molar-refractivity contribution in [2.45, 2.75) is 13.0 Å². The maximum atomic E-state index is 13.5. The number of phenols is 1. The lowest BCUT2D eigenvalue weighted by atomic mass is 9.84. The number of benzene rings is 3. The summed E-state index contributed by atoms with van der Waals surface area (Å²) in [6.45, 7) is 2.35. The molecular formula is C27H20N2O7S. The van der Waals surface area contributed by atoms with Gasteiger partial charge in [0.05, 0.1) is 28.0 Å². The first-order chi connectivity index (χ1) is 17.9. The van der Waals surface area contributed by atoms with Gasteiger partial charge in [-0.2, -0.15) is 0 Å². The number of cyclic esters (lactones) is 1. The standard InChI is InChI=1S/C27H20N2O7S/c1-2-35-14-11-12-18-20(13-14)37-27(28-18)29-25(33)23(32)21(22(31)17-9-5-6-10-19(17)30)24-15-7-3-4-8-16(15)26(34)36-24/h3-13,21,24,30H,2H2,1H3,(H,28,29,33)/t21-,24-/m1/s1. The molecule has 3 aromatic carbocycles. The van der Waals surface area contributed by atoms with Crippen LogP contribution in [0.4, 0.5) is 5.13 Å². The van der Waals surface area contributed by atoms with Crippen molar-refractivity contribution in [3.8, 4) is 11.5 Å². The summed E-state index contributed by atoms with van der Waals surface area (Å²) in [6.07, 6.45) is -1.34. The van der Waals surface area contributed by atoms with Crippen molar-refractivity contribution in [1.82, 2.24) is 4.98 Å². The number of nitrogens with one attached hydrogen (secondary N) is 1. The molecule has 2 N–H and O–H groups in total. The third-order valence-electron chi connectivity index (χ3n) is 5.87. The summed E-state index contributed by atoms with van der Waals surface area (Å²) < 4.78 is 11.6. The summed E-state index contributed by atoms with van der Waals surface area (Å²) in [5.74, 6) is -5.23. The van der Waals surface area contributed by atoms with Crippen LogP contribution in [-0.2, 0) is 14.3 Å². The SMILES string of the molecule is CCOc1ccc2nc(NC(=O)C(=O)[C@@H](C(=O)c3ccccc3O)[C@@H]3OC(=O)c4ccccc43)sc2c1. The van der Waals surface area contributed by atoms with Gasteiger partial charge >= 0.3 is 5.97 Å². The summed E-state index contributed by atoms with van der Waals surface area (Å²) in [7, 11) is 0. The van der Waals surface area contributed by atoms with E-state index in [1.165, 1.54) is 30.3 Å². The highest BCUT2D eigenvalue weighted by Gasteiger charge is 2.46. The van der Waals surface area contributed by atoms with Gasteiger partial charge in [-0.1, -0.05) is 41.7 Å². The Morgan fingerprint density at radius 2 is 1.86 bits per heavy atom. The fraction of sp³-hybridized carbons (Fsp3) is 0.148. The smallest absolute Gasteiger partial charge is 0.339 e. The summed E-state index contributed by atoms with van der Waals surface area (Å²) in [4.78, 5) is 56.9. The van der Waals surface area contributed by atoms with Crippen molar-refractivity contribution >= 4 is 50.1 Å². The molecule has 0 bridgehead atoms. The highest BCUT2D eigenvalue weighted by atomic mass is 32.1. The predicted molar refractivity (Wildman–Crippen MR) is 135 cm³/mol. The molecule has 5 rings (SSSR count). The molecule has 2 heterocycles. The lowest BCUT2D eigenvalue weighted by Gasteiger charge is -2.21. The van der Waals surface area contributed by atoms with Crippen LogP contribution in [0, 0.1) is 5.92 Å². The zero-order chi connectivity index (χ0) is 26.1. The Morgan fingerprint density at radius 3 is 2.65 bits per heavy atom. The molecule has 0 unspecified atom stereocenters. The number of ether oxygens (including phenoxy) is 2. The summed E-state index contributed by atoms with van der Waals surface area (Å²) in [5.41, 5.74) is 0.937. The van der Waals surface area contributed by atoms with Crippen molar-refractivity contribution < 1.29 is 33.8 Å². The van der Waals surface area contributed by atoms with Gasteiger partial charge in [-0.15, -0.1) is 0 Å². The van der Waals surface area contributed by atoms with E-state index in [1.807, 2.05) is 6.92 Å². The number of anilines is 1. The number of Topliss-reactive ketones (excluding diaryl/α,β-unsaturated/α-hetero) is 2.